The lowest BCUT2D eigenvalue weighted by atomic mass is 9.68. The van der Waals surface area contributed by atoms with Crippen LogP contribution in [-0.4, -0.2) is 160 Å². The Bertz CT molecular complexity index is 3680. The zero-order valence-corrected chi connectivity index (χ0v) is 52.3. The van der Waals surface area contributed by atoms with Crippen molar-refractivity contribution in [2.75, 3.05) is 74.3 Å². The van der Waals surface area contributed by atoms with E-state index in [0.29, 0.717) is 90.1 Å². The molecule has 2 amide bonds. The number of amides is 2. The van der Waals surface area contributed by atoms with Crippen LogP contribution in [0.1, 0.15) is 108 Å². The highest BCUT2D eigenvalue weighted by molar-refractivity contribution is 7.92. The van der Waals surface area contributed by atoms with Gasteiger partial charge >= 0.3 is 0 Å². The van der Waals surface area contributed by atoms with Gasteiger partial charge in [0.05, 0.1) is 14.7 Å². The standard InChI is InChI=1S/C21H30N4O3S.C21H28N4O3S.C21H26N4O3S.H2O/c3*22-15-5-7-16(8-6-15)29(27,28)23-18-9-10-19-17-4-2-12-24-11-1-3-14(20(17)24)13-25(19)21(18)26;/h5-8,14,17-20,23H,1-4,9-13,22H2;5-9,14,17,19-20,23H,1-4,10-13,22H2;5-10,14,17,20,23H,1-4,11-13,22H2;1H2/t14-,17+,18?,19+,20-;14-,17+,19+,20-;14-,17+,20-;/m000./s1. The second kappa shape index (κ2) is 25.0. The first-order chi connectivity index (χ1) is 41.8. The fourth-order valence-electron chi connectivity index (χ4n) is 17.7. The first kappa shape index (κ1) is 62.1. The smallest absolute Gasteiger partial charge is 0.275 e. The highest BCUT2D eigenvalue weighted by atomic mass is 32.2. The van der Waals surface area contributed by atoms with Gasteiger partial charge in [0, 0.05) is 78.5 Å². The van der Waals surface area contributed by atoms with Gasteiger partial charge in [-0.2, -0.15) is 4.72 Å². The van der Waals surface area contributed by atoms with Crippen LogP contribution in [0.25, 0.3) is 0 Å². The van der Waals surface area contributed by atoms with Gasteiger partial charge in [-0.25, -0.2) is 25.3 Å². The number of hydrogen-bond acceptors (Lipinski definition) is 15. The molecule has 25 heteroatoms. The maximum Gasteiger partial charge on any atom is 0.275 e. The summed E-state index contributed by atoms with van der Waals surface area (Å²) >= 11 is 0. The van der Waals surface area contributed by atoms with Crippen LogP contribution in [0.5, 0.6) is 0 Å². The lowest BCUT2D eigenvalue weighted by molar-refractivity contribution is -0.153. The number of aromatic nitrogens is 1. The van der Waals surface area contributed by atoms with Gasteiger partial charge in [-0.05, 0) is 250 Å². The third-order valence-electron chi connectivity index (χ3n) is 21.4. The Balaban J connectivity index is 0.000000128. The van der Waals surface area contributed by atoms with Gasteiger partial charge < -0.3 is 37.0 Å². The number of carbonyl (C=O) groups is 2. The summed E-state index contributed by atoms with van der Waals surface area (Å²) in [6.45, 7) is 9.25. The zero-order valence-electron chi connectivity index (χ0n) is 49.9. The number of anilines is 4. The van der Waals surface area contributed by atoms with E-state index in [0.717, 1.165) is 70.4 Å². The van der Waals surface area contributed by atoms with E-state index in [-0.39, 0.29) is 61.0 Å². The molecular weight excluding hydrogens is 1180 g/mol. The summed E-state index contributed by atoms with van der Waals surface area (Å²) in [5.41, 5.74) is 19.5. The van der Waals surface area contributed by atoms with E-state index in [1.807, 2.05) is 20.4 Å². The van der Waals surface area contributed by atoms with Gasteiger partial charge in [-0.15, -0.1) is 0 Å². The van der Waals surface area contributed by atoms with Crippen molar-refractivity contribution < 1.29 is 40.3 Å². The molecule has 11 N–H and O–H groups in total. The maximum atomic E-state index is 13.3. The number of rotatable bonds is 9. The average Bonchev–Trinajstić information content (AvgIpc) is 0.798. The van der Waals surface area contributed by atoms with Gasteiger partial charge in [0.25, 0.3) is 31.5 Å². The van der Waals surface area contributed by atoms with Crippen LogP contribution in [0.15, 0.2) is 116 Å². The third-order valence-corrected chi connectivity index (χ3v) is 25.6. The number of nitrogen functional groups attached to an aromatic ring is 3. The van der Waals surface area contributed by atoms with Crippen LogP contribution in [0.3, 0.4) is 0 Å². The Kier molecular flexibility index (Phi) is 17.6. The molecule has 88 heavy (non-hydrogen) atoms. The molecule has 0 aliphatic carbocycles. The molecule has 476 valence electrons. The number of carbonyl (C=O) groups excluding carboxylic acids is 2. The predicted molar refractivity (Wildman–Crippen MR) is 337 cm³/mol. The molecule has 9 saturated heterocycles. The molecule has 0 spiro atoms. The second-order valence-corrected chi connectivity index (χ2v) is 31.4. The van der Waals surface area contributed by atoms with Gasteiger partial charge in [-0.3, -0.25) is 38.5 Å². The number of benzene rings is 3. The van der Waals surface area contributed by atoms with Crippen LogP contribution in [0, 0.1) is 29.6 Å². The molecule has 11 aliphatic heterocycles. The van der Waals surface area contributed by atoms with E-state index >= 15 is 0 Å². The highest BCUT2D eigenvalue weighted by Crippen LogP contribution is 2.48. The lowest BCUT2D eigenvalue weighted by Gasteiger charge is -2.59. The number of nitrogens with zero attached hydrogens (tertiary/aromatic N) is 6. The first-order valence-electron chi connectivity index (χ1n) is 31.7. The van der Waals surface area contributed by atoms with Crippen molar-refractivity contribution in [2.45, 2.75) is 160 Å². The average molecular weight is 1270 g/mol. The van der Waals surface area contributed by atoms with E-state index in [1.54, 1.807) is 36.4 Å². The van der Waals surface area contributed by atoms with Crippen LogP contribution < -0.4 is 36.9 Å². The number of hydrogen-bond donors (Lipinski definition) is 6. The number of nitrogens with two attached hydrogens (primary N) is 3. The SMILES string of the molecule is Nc1ccc(S(=O)(=O)NC2=CC[C@@H]3[C@H]4CCCN5CCC[C@@H](CN3C2=O)[C@@H]45)cc1.Nc1ccc(S(=O)(=O)NC2CC[C@@H]3[C@H]4CCCN5CCC[C@@H](CN3C2=O)[C@@H]45)cc1.Nc1ccc(S(=O)(=O)Nc2ccc3n(c2=O)C[C@@H]2CCCN4CCC[C@H]3[C@H]24)cc1.O. The van der Waals surface area contributed by atoms with Crippen molar-refractivity contribution in [3.63, 3.8) is 0 Å². The molecule has 11 aliphatic rings. The Labute approximate surface area is 517 Å². The Morgan fingerprint density at radius 2 is 0.909 bits per heavy atom. The number of sulfonamides is 3. The summed E-state index contributed by atoms with van der Waals surface area (Å²) in [5.74, 6) is 2.67. The largest absolute Gasteiger partial charge is 0.412 e. The third kappa shape index (κ3) is 12.0. The molecule has 1 unspecified atom stereocenters. The minimum Gasteiger partial charge on any atom is -0.412 e. The minimum atomic E-state index is -3.85. The summed E-state index contributed by atoms with van der Waals surface area (Å²) in [6.07, 6.45) is 18.0. The van der Waals surface area contributed by atoms with Crippen molar-refractivity contribution in [1.82, 2.24) is 38.5 Å². The molecule has 0 saturated carbocycles. The molecule has 12 atom stereocenters. The summed E-state index contributed by atoms with van der Waals surface area (Å²) < 4.78 is 86.0. The van der Waals surface area contributed by atoms with Crippen molar-refractivity contribution in [2.24, 2.45) is 29.6 Å². The van der Waals surface area contributed by atoms with Crippen LogP contribution >= 0.6 is 0 Å². The fraction of sp³-hybridized carbons (Fsp3) is 0.571. The molecule has 0 radical (unpaired) electrons. The first-order valence-corrected chi connectivity index (χ1v) is 36.2. The maximum absolute atomic E-state index is 13.3. The van der Waals surface area contributed by atoms with Gasteiger partial charge in [0.1, 0.15) is 17.4 Å². The normalized spacial score (nSPS) is 30.9. The molecule has 3 aromatic carbocycles. The molecule has 15 rings (SSSR count). The predicted octanol–water partition coefficient (Wildman–Crippen LogP) is 4.33. The Hall–Kier alpha value is -6.06. The summed E-state index contributed by atoms with van der Waals surface area (Å²) in [5, 5.41) is 0. The van der Waals surface area contributed by atoms with E-state index < -0.39 is 36.1 Å². The highest BCUT2D eigenvalue weighted by Gasteiger charge is 2.54. The van der Waals surface area contributed by atoms with Crippen molar-refractivity contribution in [3.05, 3.63) is 113 Å². The quantitative estimate of drug-likeness (QED) is 0.127. The molecule has 0 bridgehead atoms. The number of pyridine rings is 1. The number of piperidine rings is 9. The summed E-state index contributed by atoms with van der Waals surface area (Å²) in [7, 11) is -11.4. The number of nitrogens with one attached hydrogen (secondary N) is 3. The lowest BCUT2D eigenvalue weighted by Crippen LogP contribution is -2.69. The van der Waals surface area contributed by atoms with Crippen LogP contribution in [-0.2, 0) is 46.2 Å². The van der Waals surface area contributed by atoms with E-state index in [9.17, 15) is 39.6 Å². The van der Waals surface area contributed by atoms with E-state index in [1.165, 1.54) is 120 Å². The van der Waals surface area contributed by atoms with E-state index in [2.05, 4.69) is 28.9 Å². The van der Waals surface area contributed by atoms with Crippen LogP contribution in [0.2, 0.25) is 0 Å². The molecule has 12 heterocycles. The van der Waals surface area contributed by atoms with E-state index in [4.69, 9.17) is 17.2 Å². The summed E-state index contributed by atoms with van der Waals surface area (Å²) in [4.78, 5) is 52.0. The summed E-state index contributed by atoms with van der Waals surface area (Å²) in [6, 6.07) is 23.1. The second-order valence-electron chi connectivity index (χ2n) is 26.3. The monoisotopic (exact) mass is 1270 g/mol. The Morgan fingerprint density at radius 1 is 0.455 bits per heavy atom. The number of fused-ring (bicyclic) bond motifs is 6. The van der Waals surface area contributed by atoms with Gasteiger partial charge in [0.15, 0.2) is 0 Å². The minimum absolute atomic E-state index is 0. The molecule has 22 nitrogen and oxygen atoms in total. The Morgan fingerprint density at radius 3 is 1.45 bits per heavy atom. The van der Waals surface area contributed by atoms with Crippen molar-refractivity contribution in [1.29, 1.82) is 0 Å². The van der Waals surface area contributed by atoms with Crippen molar-refractivity contribution in [3.8, 4) is 0 Å². The van der Waals surface area contributed by atoms with Crippen LogP contribution in [0.4, 0.5) is 22.7 Å². The zero-order chi connectivity index (χ0) is 60.5. The van der Waals surface area contributed by atoms with Gasteiger partial charge in [-0.1, -0.05) is 6.08 Å². The van der Waals surface area contributed by atoms with Gasteiger partial charge in [0.2, 0.25) is 15.9 Å². The van der Waals surface area contributed by atoms with Crippen molar-refractivity contribution >= 4 is 64.6 Å². The fourth-order valence-corrected chi connectivity index (χ4v) is 21.1. The topological polar surface area (TPSA) is 320 Å². The molecule has 9 fully saturated rings. The molecular formula is C63H86N12O10S3. The molecule has 4 aromatic rings. The molecule has 1 aromatic heterocycles.